The lowest BCUT2D eigenvalue weighted by Crippen LogP contribution is -2.24. The SMILES string of the molecule is CCCCCC(O)C(=O)COP(=O)(O)O. The van der Waals surface area contributed by atoms with Gasteiger partial charge in [0, 0.05) is 0 Å². The van der Waals surface area contributed by atoms with Gasteiger partial charge in [0.05, 0.1) is 0 Å². The van der Waals surface area contributed by atoms with Gasteiger partial charge in [-0.1, -0.05) is 26.2 Å². The third-order valence-electron chi connectivity index (χ3n) is 1.83. The molecule has 3 N–H and O–H groups in total. The number of phosphoric ester groups is 1. The molecule has 0 bridgehead atoms. The predicted molar refractivity (Wildman–Crippen MR) is 53.2 cm³/mol. The molecule has 1 unspecified atom stereocenters. The molecule has 7 heteroatoms. The standard InChI is InChI=1S/C8H17O6P/c1-2-3-4-5-7(9)8(10)6-14-15(11,12)13/h7,9H,2-6H2,1H3,(H2,11,12,13). The van der Waals surface area contributed by atoms with Crippen molar-refractivity contribution in [3.05, 3.63) is 0 Å². The Morgan fingerprint density at radius 1 is 1.40 bits per heavy atom. The van der Waals surface area contributed by atoms with E-state index in [2.05, 4.69) is 4.52 Å². The van der Waals surface area contributed by atoms with E-state index in [9.17, 15) is 14.5 Å². The van der Waals surface area contributed by atoms with E-state index in [1.807, 2.05) is 6.92 Å². The van der Waals surface area contributed by atoms with Crippen molar-refractivity contribution in [1.82, 2.24) is 0 Å². The molecule has 0 aliphatic carbocycles. The van der Waals surface area contributed by atoms with Crippen molar-refractivity contribution < 1.29 is 28.8 Å². The Kier molecular flexibility index (Phi) is 6.96. The maximum absolute atomic E-state index is 11.1. The maximum Gasteiger partial charge on any atom is 0.470 e. The molecule has 0 aromatic carbocycles. The second kappa shape index (κ2) is 7.09. The smallest absolute Gasteiger partial charge is 0.385 e. The van der Waals surface area contributed by atoms with Gasteiger partial charge in [0.2, 0.25) is 0 Å². The fourth-order valence-electron chi connectivity index (χ4n) is 0.993. The number of aliphatic hydroxyl groups excluding tert-OH is 1. The molecule has 0 radical (unpaired) electrons. The van der Waals surface area contributed by atoms with Crippen molar-refractivity contribution in [2.75, 3.05) is 6.61 Å². The number of carbonyl (C=O) groups is 1. The molecule has 0 aliphatic heterocycles. The number of rotatable bonds is 8. The van der Waals surface area contributed by atoms with Crippen molar-refractivity contribution in [1.29, 1.82) is 0 Å². The minimum atomic E-state index is -4.62. The Morgan fingerprint density at radius 2 is 2.00 bits per heavy atom. The highest BCUT2D eigenvalue weighted by atomic mass is 31.2. The lowest BCUT2D eigenvalue weighted by molar-refractivity contribution is -0.130. The zero-order valence-electron chi connectivity index (χ0n) is 8.63. The average Bonchev–Trinajstić information content (AvgIpc) is 2.13. The number of aliphatic hydroxyl groups is 1. The zero-order chi connectivity index (χ0) is 11.9. The Hall–Kier alpha value is -0.260. The Morgan fingerprint density at radius 3 is 2.47 bits per heavy atom. The van der Waals surface area contributed by atoms with E-state index < -0.39 is 26.3 Å². The number of carbonyl (C=O) groups excluding carboxylic acids is 1. The van der Waals surface area contributed by atoms with E-state index in [0.717, 1.165) is 12.8 Å². The molecule has 1 atom stereocenters. The second-order valence-corrected chi connectivity index (χ2v) is 4.48. The van der Waals surface area contributed by atoms with E-state index in [-0.39, 0.29) is 0 Å². The topological polar surface area (TPSA) is 104 Å². The van der Waals surface area contributed by atoms with Gasteiger partial charge in [0.1, 0.15) is 12.7 Å². The molecule has 15 heavy (non-hydrogen) atoms. The molecule has 0 aliphatic rings. The van der Waals surface area contributed by atoms with Crippen LogP contribution in [0.15, 0.2) is 0 Å². The van der Waals surface area contributed by atoms with E-state index in [1.54, 1.807) is 0 Å². The molecule has 0 rings (SSSR count). The largest absolute Gasteiger partial charge is 0.470 e. The minimum Gasteiger partial charge on any atom is -0.385 e. The summed E-state index contributed by atoms with van der Waals surface area (Å²) in [6.45, 7) is 1.24. The van der Waals surface area contributed by atoms with E-state index in [4.69, 9.17) is 9.79 Å². The van der Waals surface area contributed by atoms with Crippen LogP contribution in [0.4, 0.5) is 0 Å². The van der Waals surface area contributed by atoms with Crippen molar-refractivity contribution in [3.8, 4) is 0 Å². The summed E-state index contributed by atoms with van der Waals surface area (Å²) >= 11 is 0. The number of hydrogen-bond donors (Lipinski definition) is 3. The van der Waals surface area contributed by atoms with Gasteiger partial charge >= 0.3 is 7.82 Å². The summed E-state index contributed by atoms with van der Waals surface area (Å²) in [5.41, 5.74) is 0. The molecule has 0 amide bonds. The van der Waals surface area contributed by atoms with E-state index >= 15 is 0 Å². The first-order valence-corrected chi connectivity index (χ1v) is 6.30. The van der Waals surface area contributed by atoms with Gasteiger partial charge in [-0.15, -0.1) is 0 Å². The first kappa shape index (κ1) is 14.7. The lowest BCUT2D eigenvalue weighted by Gasteiger charge is -2.09. The number of phosphoric acid groups is 1. The number of ketones is 1. The molecular weight excluding hydrogens is 223 g/mol. The second-order valence-electron chi connectivity index (χ2n) is 3.24. The molecule has 0 saturated carbocycles. The summed E-state index contributed by atoms with van der Waals surface area (Å²) in [6.07, 6.45) is 1.70. The van der Waals surface area contributed by atoms with Crippen molar-refractivity contribution >= 4 is 13.6 Å². The fourth-order valence-corrected chi connectivity index (χ4v) is 1.29. The molecular formula is C8H17O6P. The normalized spacial score (nSPS) is 13.9. The predicted octanol–water partition coefficient (Wildman–Crippen LogP) is 0.606. The van der Waals surface area contributed by atoms with Crippen molar-refractivity contribution in [3.63, 3.8) is 0 Å². The molecule has 0 saturated heterocycles. The van der Waals surface area contributed by atoms with Crippen molar-refractivity contribution in [2.24, 2.45) is 0 Å². The van der Waals surface area contributed by atoms with Gasteiger partial charge < -0.3 is 14.9 Å². The first-order valence-electron chi connectivity index (χ1n) is 4.77. The maximum atomic E-state index is 11.1. The van der Waals surface area contributed by atoms with Crippen LogP contribution in [-0.4, -0.2) is 33.4 Å². The number of unbranched alkanes of at least 4 members (excludes halogenated alkanes) is 2. The zero-order valence-corrected chi connectivity index (χ0v) is 9.52. The molecule has 0 aromatic rings. The van der Waals surface area contributed by atoms with Crippen LogP contribution in [0.1, 0.15) is 32.6 Å². The Labute approximate surface area is 88.5 Å². The fraction of sp³-hybridized carbons (Fsp3) is 0.875. The molecule has 0 spiro atoms. The average molecular weight is 240 g/mol. The highest BCUT2D eigenvalue weighted by Crippen LogP contribution is 2.35. The van der Waals surface area contributed by atoms with Crippen molar-refractivity contribution in [2.45, 2.75) is 38.7 Å². The molecule has 0 fully saturated rings. The summed E-state index contributed by atoms with van der Waals surface area (Å²) < 4.78 is 14.2. The minimum absolute atomic E-state index is 0.303. The monoisotopic (exact) mass is 240 g/mol. The van der Waals surface area contributed by atoms with Gasteiger partial charge in [0.25, 0.3) is 0 Å². The van der Waals surface area contributed by atoms with Crippen LogP contribution < -0.4 is 0 Å². The van der Waals surface area contributed by atoms with Gasteiger partial charge in [-0.05, 0) is 6.42 Å². The highest BCUT2D eigenvalue weighted by Gasteiger charge is 2.20. The molecule has 90 valence electrons. The number of hydrogen-bond acceptors (Lipinski definition) is 4. The Bertz CT molecular complexity index is 235. The summed E-state index contributed by atoms with van der Waals surface area (Å²) in [4.78, 5) is 27.7. The van der Waals surface area contributed by atoms with Crippen LogP contribution in [-0.2, 0) is 13.9 Å². The summed E-state index contributed by atoms with van der Waals surface area (Å²) in [5, 5.41) is 9.26. The molecule has 0 aromatic heterocycles. The van der Waals surface area contributed by atoms with E-state index in [0.29, 0.717) is 12.8 Å². The van der Waals surface area contributed by atoms with Crippen LogP contribution in [0.5, 0.6) is 0 Å². The van der Waals surface area contributed by atoms with Gasteiger partial charge in [0.15, 0.2) is 5.78 Å². The first-order chi connectivity index (χ1) is 6.87. The van der Waals surface area contributed by atoms with Gasteiger partial charge in [-0.2, -0.15) is 0 Å². The summed E-state index contributed by atoms with van der Waals surface area (Å²) in [6, 6.07) is 0. The van der Waals surface area contributed by atoms with Gasteiger partial charge in [-0.25, -0.2) is 4.57 Å². The van der Waals surface area contributed by atoms with Crippen LogP contribution >= 0.6 is 7.82 Å². The van der Waals surface area contributed by atoms with E-state index in [1.165, 1.54) is 0 Å². The summed E-state index contributed by atoms with van der Waals surface area (Å²) in [7, 11) is -4.62. The molecule has 0 heterocycles. The highest BCUT2D eigenvalue weighted by molar-refractivity contribution is 7.46. The van der Waals surface area contributed by atoms with Gasteiger partial charge in [-0.3, -0.25) is 9.32 Å². The third-order valence-corrected chi connectivity index (χ3v) is 2.29. The lowest BCUT2D eigenvalue weighted by atomic mass is 10.1. The number of Topliss-reactive ketones (excluding diaryl/α,β-unsaturated/α-hetero) is 1. The van der Waals surface area contributed by atoms with Crippen LogP contribution in [0, 0.1) is 0 Å². The third kappa shape index (κ3) is 8.72. The van der Waals surface area contributed by atoms with Crippen LogP contribution in [0.2, 0.25) is 0 Å². The Balaban J connectivity index is 3.74. The quantitative estimate of drug-likeness (QED) is 0.424. The summed E-state index contributed by atoms with van der Waals surface area (Å²) in [5.74, 6) is -0.700. The van der Waals surface area contributed by atoms with Crippen LogP contribution in [0.25, 0.3) is 0 Å². The molecule has 6 nitrogen and oxygen atoms in total. The van der Waals surface area contributed by atoms with Crippen LogP contribution in [0.3, 0.4) is 0 Å².